The van der Waals surface area contributed by atoms with Crippen LogP contribution in [-0.4, -0.2) is 4.40 Å². The number of rotatable bonds is 6. The van der Waals surface area contributed by atoms with Gasteiger partial charge in [-0.25, -0.2) is 0 Å². The van der Waals surface area contributed by atoms with Crippen LogP contribution >= 0.6 is 0 Å². The van der Waals surface area contributed by atoms with Gasteiger partial charge < -0.3 is 8.82 Å². The van der Waals surface area contributed by atoms with Gasteiger partial charge in [0.2, 0.25) is 0 Å². The SMILES string of the molecule is CC1(C)c2ccccc2-c2cccc(CC(c3ccc(-c4ccccc4)cc3)c3ccc4c(c3)oc3cc(-c5ccc6c7ccccc7n7c8ccccc8c5c67)ccc34)c21. The first kappa shape index (κ1) is 34.4. The van der Waals surface area contributed by atoms with E-state index in [-0.39, 0.29) is 11.3 Å². The molecule has 3 aromatic heterocycles. The van der Waals surface area contributed by atoms with Crippen molar-refractivity contribution in [3.8, 4) is 33.4 Å². The van der Waals surface area contributed by atoms with Gasteiger partial charge in [-0.1, -0.05) is 178 Å². The molecular weight excluding hydrogens is 739 g/mol. The fraction of sp³-hybridized carbons (Fsp3) is 0.0847. The highest BCUT2D eigenvalue weighted by Gasteiger charge is 2.37. The van der Waals surface area contributed by atoms with Crippen molar-refractivity contribution in [3.05, 3.63) is 222 Å². The molecule has 9 aromatic carbocycles. The van der Waals surface area contributed by atoms with E-state index in [9.17, 15) is 0 Å². The predicted octanol–water partition coefficient (Wildman–Crippen LogP) is 15.8. The minimum absolute atomic E-state index is 0.0901. The maximum absolute atomic E-state index is 6.90. The number of furan rings is 1. The molecule has 13 rings (SSSR count). The molecule has 288 valence electrons. The summed E-state index contributed by atoms with van der Waals surface area (Å²) in [6, 6.07) is 71.8. The zero-order valence-corrected chi connectivity index (χ0v) is 34.1. The summed E-state index contributed by atoms with van der Waals surface area (Å²) in [5.74, 6) is 0.117. The Morgan fingerprint density at radius 2 is 1.08 bits per heavy atom. The number of aromatic nitrogens is 1. The highest BCUT2D eigenvalue weighted by atomic mass is 16.3. The Morgan fingerprint density at radius 1 is 0.459 bits per heavy atom. The molecule has 0 aliphatic heterocycles. The third kappa shape index (κ3) is 4.97. The molecule has 1 aliphatic rings. The third-order valence-corrected chi connectivity index (χ3v) is 14.0. The Bertz CT molecular complexity index is 3690. The van der Waals surface area contributed by atoms with Crippen LogP contribution in [0.15, 0.2) is 199 Å². The molecule has 0 spiro atoms. The van der Waals surface area contributed by atoms with Gasteiger partial charge in [0.15, 0.2) is 0 Å². The number of benzene rings is 9. The van der Waals surface area contributed by atoms with E-state index in [1.807, 2.05) is 0 Å². The maximum Gasteiger partial charge on any atom is 0.136 e. The van der Waals surface area contributed by atoms with Gasteiger partial charge in [-0.05, 0) is 98.0 Å². The van der Waals surface area contributed by atoms with Gasteiger partial charge in [-0.2, -0.15) is 0 Å². The molecule has 61 heavy (non-hydrogen) atoms. The average molecular weight is 780 g/mol. The molecule has 0 amide bonds. The second kappa shape index (κ2) is 12.8. The van der Waals surface area contributed by atoms with Crippen molar-refractivity contribution < 1.29 is 4.42 Å². The van der Waals surface area contributed by atoms with Crippen molar-refractivity contribution in [1.82, 2.24) is 4.40 Å². The molecule has 2 heteroatoms. The first-order valence-electron chi connectivity index (χ1n) is 21.5. The molecule has 0 bridgehead atoms. The quantitative estimate of drug-likeness (QED) is 0.164. The fourth-order valence-electron chi connectivity index (χ4n) is 11.2. The second-order valence-corrected chi connectivity index (χ2v) is 17.6. The number of hydrogen-bond donors (Lipinski definition) is 0. The lowest BCUT2D eigenvalue weighted by molar-refractivity contribution is 0.643. The highest BCUT2D eigenvalue weighted by molar-refractivity contribution is 6.27. The van der Waals surface area contributed by atoms with Gasteiger partial charge >= 0.3 is 0 Å². The first-order chi connectivity index (χ1) is 30.0. The van der Waals surface area contributed by atoms with Crippen LogP contribution in [0, 0.1) is 0 Å². The van der Waals surface area contributed by atoms with E-state index in [0.717, 1.165) is 33.9 Å². The van der Waals surface area contributed by atoms with Gasteiger partial charge in [-0.3, -0.25) is 0 Å². The lowest BCUT2D eigenvalue weighted by Gasteiger charge is -2.27. The van der Waals surface area contributed by atoms with Gasteiger partial charge in [0, 0.05) is 43.7 Å². The summed E-state index contributed by atoms with van der Waals surface area (Å²) in [4.78, 5) is 0. The van der Waals surface area contributed by atoms with E-state index < -0.39 is 0 Å². The van der Waals surface area contributed by atoms with E-state index in [0.29, 0.717) is 0 Å². The Labute approximate surface area is 354 Å². The largest absolute Gasteiger partial charge is 0.456 e. The zero-order chi connectivity index (χ0) is 40.4. The smallest absolute Gasteiger partial charge is 0.136 e. The summed E-state index contributed by atoms with van der Waals surface area (Å²) in [5.41, 5.74) is 19.9. The Hall–Kier alpha value is -7.42. The molecule has 1 unspecified atom stereocenters. The molecule has 1 atom stereocenters. The lowest BCUT2D eigenvalue weighted by Crippen LogP contribution is -2.18. The fourth-order valence-corrected chi connectivity index (χ4v) is 11.2. The van der Waals surface area contributed by atoms with Crippen LogP contribution in [0.1, 0.15) is 47.6 Å². The standard InChI is InChI=1S/C59H41NO/c1-59(2)51-20-9-6-16-43(51)47-19-12-15-41(57(47)59)33-50(38-25-23-37(24-26-38)36-13-4-3-5-14-36)40-28-30-46-45-29-27-39(34-54(45)61-55(46)35-40)42-31-32-48-44-17-7-10-21-52(44)60-53-22-11-8-18-49(53)56(42)58(48)60/h3-32,34-35,50H,33H2,1-2H3. The Morgan fingerprint density at radius 3 is 1.92 bits per heavy atom. The minimum Gasteiger partial charge on any atom is -0.456 e. The molecule has 2 nitrogen and oxygen atoms in total. The van der Waals surface area contributed by atoms with Crippen molar-refractivity contribution in [1.29, 1.82) is 0 Å². The Kier molecular flexibility index (Phi) is 7.22. The molecule has 0 fully saturated rings. The van der Waals surface area contributed by atoms with E-state index in [1.165, 1.54) is 93.7 Å². The van der Waals surface area contributed by atoms with Gasteiger partial charge in [0.25, 0.3) is 0 Å². The van der Waals surface area contributed by atoms with Crippen LogP contribution in [0.25, 0.3) is 93.4 Å². The topological polar surface area (TPSA) is 17.6 Å². The summed E-state index contributed by atoms with van der Waals surface area (Å²) in [6.45, 7) is 4.78. The minimum atomic E-state index is -0.0901. The molecule has 12 aromatic rings. The number of nitrogens with zero attached hydrogens (tertiary/aromatic N) is 1. The van der Waals surface area contributed by atoms with Crippen LogP contribution in [0.5, 0.6) is 0 Å². The van der Waals surface area contributed by atoms with Crippen molar-refractivity contribution in [3.63, 3.8) is 0 Å². The highest BCUT2D eigenvalue weighted by Crippen LogP contribution is 2.51. The lowest BCUT2D eigenvalue weighted by atomic mass is 9.76. The summed E-state index contributed by atoms with van der Waals surface area (Å²) >= 11 is 0. The van der Waals surface area contributed by atoms with Crippen LogP contribution in [0.4, 0.5) is 0 Å². The van der Waals surface area contributed by atoms with E-state index in [4.69, 9.17) is 4.42 Å². The molecular formula is C59H41NO. The average Bonchev–Trinajstić information content (AvgIpc) is 4.03. The second-order valence-electron chi connectivity index (χ2n) is 17.6. The zero-order valence-electron chi connectivity index (χ0n) is 34.1. The number of para-hydroxylation sites is 2. The van der Waals surface area contributed by atoms with Crippen LogP contribution in [-0.2, 0) is 11.8 Å². The summed E-state index contributed by atoms with van der Waals surface area (Å²) in [5, 5.41) is 7.44. The monoisotopic (exact) mass is 779 g/mol. The van der Waals surface area contributed by atoms with E-state index in [1.54, 1.807) is 0 Å². The molecule has 0 radical (unpaired) electrons. The molecule has 0 saturated heterocycles. The summed E-state index contributed by atoms with van der Waals surface area (Å²) < 4.78 is 9.36. The van der Waals surface area contributed by atoms with E-state index in [2.05, 4.69) is 212 Å². The molecule has 0 saturated carbocycles. The van der Waals surface area contributed by atoms with Crippen LogP contribution in [0.3, 0.4) is 0 Å². The van der Waals surface area contributed by atoms with Crippen LogP contribution in [0.2, 0.25) is 0 Å². The van der Waals surface area contributed by atoms with Gasteiger partial charge in [-0.15, -0.1) is 0 Å². The summed E-state index contributed by atoms with van der Waals surface area (Å²) in [7, 11) is 0. The van der Waals surface area contributed by atoms with Crippen LogP contribution < -0.4 is 0 Å². The normalized spacial score (nSPS) is 13.9. The maximum atomic E-state index is 6.90. The first-order valence-corrected chi connectivity index (χ1v) is 21.5. The summed E-state index contributed by atoms with van der Waals surface area (Å²) in [6.07, 6.45) is 0.880. The van der Waals surface area contributed by atoms with Crippen molar-refractivity contribution >= 4 is 60.0 Å². The van der Waals surface area contributed by atoms with Crippen molar-refractivity contribution in [2.24, 2.45) is 0 Å². The van der Waals surface area contributed by atoms with Crippen molar-refractivity contribution in [2.45, 2.75) is 31.6 Å². The third-order valence-electron chi connectivity index (χ3n) is 14.0. The number of fused-ring (bicyclic) bond motifs is 12. The molecule has 3 heterocycles. The molecule has 1 aliphatic carbocycles. The van der Waals surface area contributed by atoms with Crippen molar-refractivity contribution in [2.75, 3.05) is 0 Å². The Balaban J connectivity index is 0.946. The number of hydrogen-bond acceptors (Lipinski definition) is 1. The predicted molar refractivity (Wildman–Crippen MR) is 255 cm³/mol. The van der Waals surface area contributed by atoms with Gasteiger partial charge in [0.1, 0.15) is 11.2 Å². The van der Waals surface area contributed by atoms with E-state index >= 15 is 0 Å². The van der Waals surface area contributed by atoms with Gasteiger partial charge in [0.05, 0.1) is 16.6 Å². The molecule has 0 N–H and O–H groups in total.